The van der Waals surface area contributed by atoms with Gasteiger partial charge in [0.15, 0.2) is 0 Å². The van der Waals surface area contributed by atoms with Gasteiger partial charge in [0.2, 0.25) is 0 Å². The number of aromatic nitrogens is 3. The third kappa shape index (κ3) is 5.80. The van der Waals surface area contributed by atoms with Gasteiger partial charge in [-0.1, -0.05) is 29.8 Å². The summed E-state index contributed by atoms with van der Waals surface area (Å²) in [6, 6.07) is 19.7. The number of benzene rings is 1. The number of carbonyl (C=O) groups excluding carboxylic acids is 1. The first kappa shape index (κ1) is 22.1. The maximum Gasteiger partial charge on any atom is 0.255 e. The Kier molecular flexibility index (Phi) is 7.05. The van der Waals surface area contributed by atoms with Gasteiger partial charge in [-0.3, -0.25) is 14.8 Å². The van der Waals surface area contributed by atoms with E-state index in [0.717, 1.165) is 34.5 Å². The normalized spacial score (nSPS) is 10.6. The lowest BCUT2D eigenvalue weighted by molar-refractivity contribution is 0.0951. The van der Waals surface area contributed by atoms with Gasteiger partial charge in [0.05, 0.1) is 11.3 Å². The van der Waals surface area contributed by atoms with Crippen LogP contribution in [0.5, 0.6) is 0 Å². The number of amides is 1. The van der Waals surface area contributed by atoms with E-state index >= 15 is 0 Å². The molecule has 1 aromatic carbocycles. The molecule has 0 atom stereocenters. The SMILES string of the molecule is Cc1ccc(C)c(-c2ccc(C(=O)NCc3cccnc3)c(NCCc3ccccn3)n2)c1. The van der Waals surface area contributed by atoms with Crippen LogP contribution in [0.2, 0.25) is 0 Å². The second-order valence-electron chi connectivity index (χ2n) is 7.95. The first-order valence-corrected chi connectivity index (χ1v) is 11.0. The molecule has 0 unspecified atom stereocenters. The van der Waals surface area contributed by atoms with Crippen molar-refractivity contribution in [1.29, 1.82) is 0 Å². The molecule has 2 N–H and O–H groups in total. The number of rotatable bonds is 8. The van der Waals surface area contributed by atoms with E-state index in [1.54, 1.807) is 18.6 Å². The zero-order chi connectivity index (χ0) is 23.0. The molecular formula is C27H27N5O. The second kappa shape index (κ2) is 10.5. The minimum Gasteiger partial charge on any atom is -0.369 e. The van der Waals surface area contributed by atoms with Gasteiger partial charge in [-0.2, -0.15) is 0 Å². The topological polar surface area (TPSA) is 79.8 Å². The Morgan fingerprint density at radius 1 is 0.970 bits per heavy atom. The molecule has 166 valence electrons. The lowest BCUT2D eigenvalue weighted by atomic mass is 10.0. The first-order chi connectivity index (χ1) is 16.1. The molecule has 1 amide bonds. The van der Waals surface area contributed by atoms with Crippen molar-refractivity contribution in [3.05, 3.63) is 107 Å². The van der Waals surface area contributed by atoms with E-state index in [-0.39, 0.29) is 5.91 Å². The molecule has 0 bridgehead atoms. The summed E-state index contributed by atoms with van der Waals surface area (Å²) in [5.41, 5.74) is 6.63. The van der Waals surface area contributed by atoms with Crippen molar-refractivity contribution < 1.29 is 4.79 Å². The summed E-state index contributed by atoms with van der Waals surface area (Å²) < 4.78 is 0. The predicted molar refractivity (Wildman–Crippen MR) is 131 cm³/mol. The molecule has 0 radical (unpaired) electrons. The van der Waals surface area contributed by atoms with Crippen molar-refractivity contribution in [1.82, 2.24) is 20.3 Å². The van der Waals surface area contributed by atoms with Crippen LogP contribution in [0.4, 0.5) is 5.82 Å². The van der Waals surface area contributed by atoms with E-state index in [9.17, 15) is 4.79 Å². The van der Waals surface area contributed by atoms with E-state index in [0.29, 0.717) is 24.5 Å². The Bertz CT molecular complexity index is 1230. The molecule has 0 saturated carbocycles. The highest BCUT2D eigenvalue weighted by Crippen LogP contribution is 2.26. The summed E-state index contributed by atoms with van der Waals surface area (Å²) >= 11 is 0. The summed E-state index contributed by atoms with van der Waals surface area (Å²) in [7, 11) is 0. The highest BCUT2D eigenvalue weighted by molar-refractivity contribution is 5.99. The van der Waals surface area contributed by atoms with Gasteiger partial charge >= 0.3 is 0 Å². The Morgan fingerprint density at radius 3 is 2.67 bits per heavy atom. The fourth-order valence-corrected chi connectivity index (χ4v) is 3.57. The third-order valence-corrected chi connectivity index (χ3v) is 5.38. The molecule has 0 fully saturated rings. The molecule has 0 aliphatic rings. The average molecular weight is 438 g/mol. The Hall–Kier alpha value is -4.06. The number of nitrogens with zero attached hydrogens (tertiary/aromatic N) is 3. The molecule has 0 aliphatic carbocycles. The standard InChI is InChI=1S/C27H27N5O/c1-19-8-9-20(2)24(16-19)25-11-10-23(27(33)31-18-21-6-5-13-28-17-21)26(32-25)30-15-12-22-7-3-4-14-29-22/h3-11,13-14,16-17H,12,15,18H2,1-2H3,(H,30,32)(H,31,33). The van der Waals surface area contributed by atoms with Crippen molar-refractivity contribution in [2.24, 2.45) is 0 Å². The highest BCUT2D eigenvalue weighted by Gasteiger charge is 2.15. The number of hydrogen-bond acceptors (Lipinski definition) is 5. The predicted octanol–water partition coefficient (Wildman–Crippen LogP) is 4.74. The van der Waals surface area contributed by atoms with Gasteiger partial charge in [0.1, 0.15) is 5.82 Å². The van der Waals surface area contributed by atoms with Crippen LogP contribution < -0.4 is 10.6 Å². The van der Waals surface area contributed by atoms with Crippen LogP contribution in [0.3, 0.4) is 0 Å². The highest BCUT2D eigenvalue weighted by atomic mass is 16.1. The molecule has 33 heavy (non-hydrogen) atoms. The molecular weight excluding hydrogens is 410 g/mol. The smallest absolute Gasteiger partial charge is 0.255 e. The maximum absolute atomic E-state index is 13.0. The number of carbonyl (C=O) groups is 1. The third-order valence-electron chi connectivity index (χ3n) is 5.38. The van der Waals surface area contributed by atoms with E-state index in [2.05, 4.69) is 52.6 Å². The summed E-state index contributed by atoms with van der Waals surface area (Å²) in [4.78, 5) is 26.3. The van der Waals surface area contributed by atoms with Crippen LogP contribution in [0.25, 0.3) is 11.3 Å². The number of hydrogen-bond donors (Lipinski definition) is 2. The Morgan fingerprint density at radius 2 is 1.88 bits per heavy atom. The monoisotopic (exact) mass is 437 g/mol. The molecule has 0 aliphatic heterocycles. The van der Waals surface area contributed by atoms with Crippen molar-refractivity contribution >= 4 is 11.7 Å². The molecule has 6 heteroatoms. The van der Waals surface area contributed by atoms with Crippen LogP contribution in [0.15, 0.2) is 79.3 Å². The summed E-state index contributed by atoms with van der Waals surface area (Å²) in [6.45, 7) is 5.15. The van der Waals surface area contributed by atoms with Crippen LogP contribution >= 0.6 is 0 Å². The molecule has 0 spiro atoms. The van der Waals surface area contributed by atoms with Crippen LogP contribution in [0.1, 0.15) is 32.7 Å². The van der Waals surface area contributed by atoms with Gasteiger partial charge in [0, 0.05) is 49.4 Å². The minimum atomic E-state index is -0.181. The van der Waals surface area contributed by atoms with Gasteiger partial charge in [0.25, 0.3) is 5.91 Å². The first-order valence-electron chi connectivity index (χ1n) is 11.0. The number of aryl methyl sites for hydroxylation is 2. The van der Waals surface area contributed by atoms with Crippen LogP contribution in [-0.2, 0) is 13.0 Å². The minimum absolute atomic E-state index is 0.181. The fraction of sp³-hybridized carbons (Fsp3) is 0.185. The van der Waals surface area contributed by atoms with Gasteiger partial charge in [-0.15, -0.1) is 0 Å². The Labute approximate surface area is 194 Å². The number of anilines is 1. The fourth-order valence-electron chi connectivity index (χ4n) is 3.57. The Balaban J connectivity index is 1.58. The van der Waals surface area contributed by atoms with Crippen LogP contribution in [-0.4, -0.2) is 27.4 Å². The van der Waals surface area contributed by atoms with E-state index in [1.165, 1.54) is 5.56 Å². The molecule has 4 rings (SSSR count). The summed E-state index contributed by atoms with van der Waals surface area (Å²) in [6.07, 6.45) is 5.97. The second-order valence-corrected chi connectivity index (χ2v) is 7.95. The van der Waals surface area contributed by atoms with E-state index < -0.39 is 0 Å². The van der Waals surface area contributed by atoms with Gasteiger partial charge < -0.3 is 10.6 Å². The van der Waals surface area contributed by atoms with Crippen molar-refractivity contribution in [2.45, 2.75) is 26.8 Å². The van der Waals surface area contributed by atoms with E-state index in [1.807, 2.05) is 42.5 Å². The average Bonchev–Trinajstić information content (AvgIpc) is 2.85. The molecule has 0 saturated heterocycles. The quantitative estimate of drug-likeness (QED) is 0.416. The number of nitrogens with one attached hydrogen (secondary N) is 2. The van der Waals surface area contributed by atoms with Gasteiger partial charge in [-0.05, 0) is 61.4 Å². The summed E-state index contributed by atoms with van der Waals surface area (Å²) in [5.74, 6) is 0.382. The molecule has 3 heterocycles. The lowest BCUT2D eigenvalue weighted by Crippen LogP contribution is -2.25. The maximum atomic E-state index is 13.0. The van der Waals surface area contributed by atoms with Crippen molar-refractivity contribution in [3.63, 3.8) is 0 Å². The molecule has 6 nitrogen and oxygen atoms in total. The van der Waals surface area contributed by atoms with Gasteiger partial charge in [-0.25, -0.2) is 4.98 Å². The largest absolute Gasteiger partial charge is 0.369 e. The molecule has 3 aromatic heterocycles. The number of pyridine rings is 3. The zero-order valence-corrected chi connectivity index (χ0v) is 18.9. The van der Waals surface area contributed by atoms with E-state index in [4.69, 9.17) is 4.98 Å². The summed E-state index contributed by atoms with van der Waals surface area (Å²) in [5, 5.41) is 6.33. The van der Waals surface area contributed by atoms with Crippen molar-refractivity contribution in [2.75, 3.05) is 11.9 Å². The molecule has 4 aromatic rings. The van der Waals surface area contributed by atoms with Crippen LogP contribution in [0, 0.1) is 13.8 Å². The van der Waals surface area contributed by atoms with Crippen molar-refractivity contribution in [3.8, 4) is 11.3 Å². The lowest BCUT2D eigenvalue weighted by Gasteiger charge is -2.14. The zero-order valence-electron chi connectivity index (χ0n) is 18.9.